The lowest BCUT2D eigenvalue weighted by Crippen LogP contribution is -1.96. The Morgan fingerprint density at radius 2 is 1.82 bits per heavy atom. The van der Waals surface area contributed by atoms with Crippen molar-refractivity contribution in [1.82, 2.24) is 0 Å². The number of hydrogen-bond donors (Lipinski definition) is 0. The van der Waals surface area contributed by atoms with Crippen LogP contribution in [-0.2, 0) is 6.42 Å². The van der Waals surface area contributed by atoms with Crippen LogP contribution < -0.4 is 0 Å². The molecule has 1 aromatic heterocycles. The minimum Gasteiger partial charge on any atom is -0.152 e. The van der Waals surface area contributed by atoms with Crippen molar-refractivity contribution >= 4 is 27.3 Å². The van der Waals surface area contributed by atoms with Gasteiger partial charge < -0.3 is 0 Å². The van der Waals surface area contributed by atoms with Crippen molar-refractivity contribution in [2.24, 2.45) is 0 Å². The van der Waals surface area contributed by atoms with Crippen molar-refractivity contribution in [3.63, 3.8) is 0 Å². The van der Waals surface area contributed by atoms with Crippen LogP contribution in [0.2, 0.25) is 0 Å². The molecule has 0 nitrogen and oxygen atoms in total. The zero-order chi connectivity index (χ0) is 12.4. The number of aryl methyl sites for hydroxylation is 3. The van der Waals surface area contributed by atoms with E-state index in [9.17, 15) is 0 Å². The summed E-state index contributed by atoms with van der Waals surface area (Å²) in [4.78, 5) is 0.427. The van der Waals surface area contributed by atoms with E-state index in [0.29, 0.717) is 4.83 Å². The molecule has 90 valence electrons. The minimum atomic E-state index is 0.427. The molecular formula is C15H17BrS. The van der Waals surface area contributed by atoms with Gasteiger partial charge in [0.2, 0.25) is 0 Å². The molecule has 1 atom stereocenters. The summed E-state index contributed by atoms with van der Waals surface area (Å²) in [5.41, 5.74) is 6.96. The maximum Gasteiger partial charge on any atom is 0.0446 e. The summed E-state index contributed by atoms with van der Waals surface area (Å²) in [6, 6.07) is 6.74. The van der Waals surface area contributed by atoms with Crippen LogP contribution in [0.5, 0.6) is 0 Å². The molecule has 2 heteroatoms. The highest BCUT2D eigenvalue weighted by Gasteiger charge is 2.12. The van der Waals surface area contributed by atoms with Crippen LogP contribution >= 0.6 is 27.3 Å². The zero-order valence-corrected chi connectivity index (χ0v) is 12.9. The van der Waals surface area contributed by atoms with Crippen molar-refractivity contribution in [3.05, 3.63) is 56.8 Å². The summed E-state index contributed by atoms with van der Waals surface area (Å²) in [6.07, 6.45) is 1.05. The molecule has 17 heavy (non-hydrogen) atoms. The van der Waals surface area contributed by atoms with Crippen LogP contribution in [0.15, 0.2) is 29.0 Å². The number of alkyl halides is 1. The molecule has 0 bridgehead atoms. The molecule has 2 aromatic rings. The number of rotatable bonds is 3. The highest BCUT2D eigenvalue weighted by molar-refractivity contribution is 9.09. The lowest BCUT2D eigenvalue weighted by molar-refractivity contribution is 0.942. The van der Waals surface area contributed by atoms with E-state index < -0.39 is 0 Å². The Morgan fingerprint density at radius 3 is 2.41 bits per heavy atom. The fourth-order valence-corrected chi connectivity index (χ4v) is 3.89. The monoisotopic (exact) mass is 308 g/mol. The summed E-state index contributed by atoms with van der Waals surface area (Å²) in [5.74, 6) is 0. The van der Waals surface area contributed by atoms with Crippen molar-refractivity contribution in [1.29, 1.82) is 0 Å². The summed E-state index contributed by atoms with van der Waals surface area (Å²) >= 11 is 5.58. The molecule has 0 aliphatic carbocycles. The van der Waals surface area contributed by atoms with E-state index >= 15 is 0 Å². The Morgan fingerprint density at radius 1 is 1.06 bits per heavy atom. The Balaban J connectivity index is 2.16. The van der Waals surface area contributed by atoms with Gasteiger partial charge in [0, 0.05) is 4.83 Å². The predicted octanol–water partition coefficient (Wildman–Crippen LogP) is 5.35. The van der Waals surface area contributed by atoms with Crippen LogP contribution in [0.3, 0.4) is 0 Å². The molecule has 0 amide bonds. The van der Waals surface area contributed by atoms with Gasteiger partial charge in [-0.2, -0.15) is 11.3 Å². The van der Waals surface area contributed by atoms with Gasteiger partial charge >= 0.3 is 0 Å². The molecule has 0 N–H and O–H groups in total. The molecule has 0 saturated heterocycles. The first kappa shape index (κ1) is 12.8. The van der Waals surface area contributed by atoms with Gasteiger partial charge in [-0.25, -0.2) is 0 Å². The van der Waals surface area contributed by atoms with E-state index in [4.69, 9.17) is 0 Å². The SMILES string of the molecule is Cc1ccc(CC(Br)c2cscc2C)cc1C. The van der Waals surface area contributed by atoms with Gasteiger partial charge in [-0.05, 0) is 65.8 Å². The van der Waals surface area contributed by atoms with E-state index in [2.05, 4.69) is 65.7 Å². The largest absolute Gasteiger partial charge is 0.152 e. The van der Waals surface area contributed by atoms with Gasteiger partial charge in [0.1, 0.15) is 0 Å². The zero-order valence-electron chi connectivity index (χ0n) is 10.5. The Kier molecular flexibility index (Phi) is 4.05. The van der Waals surface area contributed by atoms with Crippen molar-refractivity contribution in [2.75, 3.05) is 0 Å². The standard InChI is InChI=1S/C15H17BrS/c1-10-4-5-13(6-11(10)2)7-15(16)14-9-17-8-12(14)3/h4-6,8-9,15H,7H2,1-3H3. The lowest BCUT2D eigenvalue weighted by atomic mass is 10.0. The van der Waals surface area contributed by atoms with Crippen molar-refractivity contribution in [3.8, 4) is 0 Å². The Bertz CT molecular complexity index is 513. The third kappa shape index (κ3) is 2.99. The molecule has 2 rings (SSSR count). The lowest BCUT2D eigenvalue weighted by Gasteiger charge is -2.11. The maximum atomic E-state index is 3.80. The van der Waals surface area contributed by atoms with Gasteiger partial charge in [0.05, 0.1) is 0 Å². The van der Waals surface area contributed by atoms with E-state index in [1.54, 1.807) is 11.3 Å². The maximum absolute atomic E-state index is 3.80. The van der Waals surface area contributed by atoms with Gasteiger partial charge in [-0.15, -0.1) is 0 Å². The summed E-state index contributed by atoms with van der Waals surface area (Å²) in [7, 11) is 0. The van der Waals surface area contributed by atoms with Gasteiger partial charge in [-0.1, -0.05) is 34.1 Å². The molecule has 0 saturated carbocycles. The summed E-state index contributed by atoms with van der Waals surface area (Å²) in [6.45, 7) is 6.52. The molecule has 1 heterocycles. The number of thiophene rings is 1. The Labute approximate surface area is 116 Å². The average Bonchev–Trinajstić information content (AvgIpc) is 2.70. The van der Waals surface area contributed by atoms with Crippen LogP contribution in [-0.4, -0.2) is 0 Å². The highest BCUT2D eigenvalue weighted by atomic mass is 79.9. The Hall–Kier alpha value is -0.600. The molecule has 1 aromatic carbocycles. The van der Waals surface area contributed by atoms with Crippen molar-refractivity contribution in [2.45, 2.75) is 32.0 Å². The van der Waals surface area contributed by atoms with E-state index in [1.165, 1.54) is 27.8 Å². The predicted molar refractivity (Wildman–Crippen MR) is 80.3 cm³/mol. The molecule has 0 fully saturated rings. The first-order valence-electron chi connectivity index (χ1n) is 5.81. The second-order valence-corrected chi connectivity index (χ2v) is 6.45. The van der Waals surface area contributed by atoms with Gasteiger partial charge in [-0.3, -0.25) is 0 Å². The molecule has 1 unspecified atom stereocenters. The fraction of sp³-hybridized carbons (Fsp3) is 0.333. The van der Waals surface area contributed by atoms with Gasteiger partial charge in [0.15, 0.2) is 0 Å². The molecule has 0 radical (unpaired) electrons. The first-order chi connectivity index (χ1) is 8.08. The highest BCUT2D eigenvalue weighted by Crippen LogP contribution is 2.31. The summed E-state index contributed by atoms with van der Waals surface area (Å²) in [5, 5.41) is 4.46. The van der Waals surface area contributed by atoms with Crippen molar-refractivity contribution < 1.29 is 0 Å². The molecular weight excluding hydrogens is 292 g/mol. The normalized spacial score (nSPS) is 12.7. The fourth-order valence-electron chi connectivity index (χ4n) is 1.94. The third-order valence-corrected chi connectivity index (χ3v) is 4.92. The second-order valence-electron chi connectivity index (χ2n) is 4.60. The van der Waals surface area contributed by atoms with E-state index in [0.717, 1.165) is 6.42 Å². The number of benzene rings is 1. The summed E-state index contributed by atoms with van der Waals surface area (Å²) < 4.78 is 0. The molecule has 0 aliphatic heterocycles. The van der Waals surface area contributed by atoms with Crippen LogP contribution in [0.1, 0.15) is 32.6 Å². The van der Waals surface area contributed by atoms with E-state index in [1.807, 2.05) is 0 Å². The smallest absolute Gasteiger partial charge is 0.0446 e. The minimum absolute atomic E-state index is 0.427. The topological polar surface area (TPSA) is 0 Å². The van der Waals surface area contributed by atoms with Crippen LogP contribution in [0.4, 0.5) is 0 Å². The number of halogens is 1. The molecule has 0 aliphatic rings. The van der Waals surface area contributed by atoms with E-state index in [-0.39, 0.29) is 0 Å². The van der Waals surface area contributed by atoms with Crippen LogP contribution in [0, 0.1) is 20.8 Å². The number of hydrogen-bond acceptors (Lipinski definition) is 1. The average molecular weight is 309 g/mol. The molecule has 0 spiro atoms. The quantitative estimate of drug-likeness (QED) is 0.670. The van der Waals surface area contributed by atoms with Crippen LogP contribution in [0.25, 0.3) is 0 Å². The van der Waals surface area contributed by atoms with Gasteiger partial charge in [0.25, 0.3) is 0 Å². The first-order valence-corrected chi connectivity index (χ1v) is 7.66. The second kappa shape index (κ2) is 5.36. The third-order valence-electron chi connectivity index (χ3n) is 3.22.